The summed E-state index contributed by atoms with van der Waals surface area (Å²) in [5.74, 6) is 0.849. The molecule has 1 aromatic carbocycles. The van der Waals surface area contributed by atoms with Crippen LogP contribution in [0.2, 0.25) is 0 Å². The summed E-state index contributed by atoms with van der Waals surface area (Å²) in [4.78, 5) is 0. The molecule has 0 heterocycles. The zero-order chi connectivity index (χ0) is 15.3. The highest BCUT2D eigenvalue weighted by Gasteiger charge is 2.24. The van der Waals surface area contributed by atoms with E-state index in [1.807, 2.05) is 0 Å². The molecule has 1 heteroatoms. The van der Waals surface area contributed by atoms with Gasteiger partial charge in [-0.25, -0.2) is 0 Å². The first kappa shape index (κ1) is 16.5. The summed E-state index contributed by atoms with van der Waals surface area (Å²) in [6.45, 7) is 10.4. The lowest BCUT2D eigenvalue weighted by atomic mass is 9.79. The van der Waals surface area contributed by atoms with Crippen LogP contribution in [0.25, 0.3) is 0 Å². The minimum atomic E-state index is 0.334. The Morgan fingerprint density at radius 1 is 1.24 bits per heavy atom. The first-order chi connectivity index (χ1) is 10.0. The third-order valence-electron chi connectivity index (χ3n) is 4.94. The van der Waals surface area contributed by atoms with Gasteiger partial charge in [0.1, 0.15) is 0 Å². The monoisotopic (exact) mass is 287 g/mol. The minimum absolute atomic E-state index is 0.334. The highest BCUT2D eigenvalue weighted by molar-refractivity contribution is 5.27. The van der Waals surface area contributed by atoms with Gasteiger partial charge in [-0.1, -0.05) is 58.4 Å². The highest BCUT2D eigenvalue weighted by atomic mass is 14.9. The van der Waals surface area contributed by atoms with E-state index in [4.69, 9.17) is 0 Å². The van der Waals surface area contributed by atoms with Gasteiger partial charge in [0.2, 0.25) is 0 Å². The maximum Gasteiger partial charge on any atom is 0.0119 e. The van der Waals surface area contributed by atoms with E-state index in [2.05, 4.69) is 57.3 Å². The number of rotatable bonds is 7. The molecule has 1 unspecified atom stereocenters. The van der Waals surface area contributed by atoms with Crippen LogP contribution in [0.15, 0.2) is 24.3 Å². The number of aryl methyl sites for hydroxylation is 1. The molecule has 1 nitrogen and oxygen atoms in total. The molecular weight excluding hydrogens is 254 g/mol. The van der Waals surface area contributed by atoms with Crippen LogP contribution in [0.1, 0.15) is 76.8 Å². The molecule has 1 N–H and O–H groups in total. The summed E-state index contributed by atoms with van der Waals surface area (Å²) < 4.78 is 0. The van der Waals surface area contributed by atoms with Crippen molar-refractivity contribution < 1.29 is 0 Å². The van der Waals surface area contributed by atoms with Crippen molar-refractivity contribution in [3.63, 3.8) is 0 Å². The Bertz CT molecular complexity index is 426. The maximum atomic E-state index is 3.74. The van der Waals surface area contributed by atoms with Crippen LogP contribution in [0.3, 0.4) is 0 Å². The Hall–Kier alpha value is -0.820. The van der Waals surface area contributed by atoms with Gasteiger partial charge in [0, 0.05) is 6.04 Å². The Morgan fingerprint density at radius 3 is 2.57 bits per heavy atom. The van der Waals surface area contributed by atoms with Crippen molar-refractivity contribution in [1.82, 2.24) is 5.32 Å². The fourth-order valence-electron chi connectivity index (χ4n) is 3.21. The molecule has 0 bridgehead atoms. The van der Waals surface area contributed by atoms with Gasteiger partial charge in [0.05, 0.1) is 0 Å². The quantitative estimate of drug-likeness (QED) is 0.717. The Morgan fingerprint density at radius 2 is 2.00 bits per heavy atom. The van der Waals surface area contributed by atoms with Gasteiger partial charge in [-0.3, -0.25) is 0 Å². The van der Waals surface area contributed by atoms with Crippen LogP contribution in [0.4, 0.5) is 0 Å². The zero-order valence-electron chi connectivity index (χ0n) is 14.4. The fraction of sp³-hybridized carbons (Fsp3) is 0.700. The molecule has 1 saturated carbocycles. The van der Waals surface area contributed by atoms with E-state index in [1.165, 1.54) is 44.1 Å². The molecule has 0 amide bonds. The number of nitrogens with one attached hydrogen (secondary N) is 1. The topological polar surface area (TPSA) is 12.0 Å². The summed E-state index contributed by atoms with van der Waals surface area (Å²) in [7, 11) is 0. The normalized spacial score (nSPS) is 17.5. The number of hydrogen-bond donors (Lipinski definition) is 1. The Labute approximate surface area is 131 Å². The van der Waals surface area contributed by atoms with Crippen molar-refractivity contribution in [2.45, 2.75) is 78.2 Å². The van der Waals surface area contributed by atoms with E-state index in [9.17, 15) is 0 Å². The molecule has 0 radical (unpaired) electrons. The lowest BCUT2D eigenvalue weighted by molar-refractivity contribution is 0.255. The average Bonchev–Trinajstić information content (AvgIpc) is 2.35. The van der Waals surface area contributed by atoms with Crippen molar-refractivity contribution in [2.75, 3.05) is 6.54 Å². The van der Waals surface area contributed by atoms with Gasteiger partial charge < -0.3 is 5.32 Å². The second-order valence-corrected chi connectivity index (χ2v) is 7.78. The van der Waals surface area contributed by atoms with Crippen LogP contribution < -0.4 is 5.32 Å². The molecule has 118 valence electrons. The lowest BCUT2D eigenvalue weighted by Crippen LogP contribution is -2.41. The maximum absolute atomic E-state index is 3.74. The van der Waals surface area contributed by atoms with Crippen LogP contribution in [0.5, 0.6) is 0 Å². The van der Waals surface area contributed by atoms with Crippen molar-refractivity contribution >= 4 is 0 Å². The molecular formula is C20H33N. The van der Waals surface area contributed by atoms with Crippen molar-refractivity contribution in [3.8, 4) is 0 Å². The largest absolute Gasteiger partial charge is 0.313 e. The average molecular weight is 287 g/mol. The molecule has 21 heavy (non-hydrogen) atoms. The zero-order valence-corrected chi connectivity index (χ0v) is 14.4. The van der Waals surface area contributed by atoms with Crippen LogP contribution >= 0.6 is 0 Å². The molecule has 0 spiro atoms. The van der Waals surface area contributed by atoms with Crippen LogP contribution in [-0.2, 0) is 6.42 Å². The van der Waals surface area contributed by atoms with Crippen LogP contribution in [-0.4, -0.2) is 12.6 Å². The summed E-state index contributed by atoms with van der Waals surface area (Å²) in [6.07, 6.45) is 7.85. The molecule has 1 fully saturated rings. The van der Waals surface area contributed by atoms with E-state index in [0.29, 0.717) is 11.5 Å². The first-order valence-corrected chi connectivity index (χ1v) is 8.83. The van der Waals surface area contributed by atoms with Crippen molar-refractivity contribution in [2.24, 2.45) is 5.41 Å². The smallest absolute Gasteiger partial charge is 0.0119 e. The summed E-state index contributed by atoms with van der Waals surface area (Å²) >= 11 is 0. The Kier molecular flexibility index (Phi) is 5.87. The van der Waals surface area contributed by atoms with Crippen molar-refractivity contribution in [1.29, 1.82) is 0 Å². The lowest BCUT2D eigenvalue weighted by Gasteiger charge is -2.32. The third-order valence-corrected chi connectivity index (χ3v) is 4.94. The molecule has 0 saturated heterocycles. The molecule has 0 aliphatic heterocycles. The van der Waals surface area contributed by atoms with Gasteiger partial charge in [0.25, 0.3) is 0 Å². The predicted molar refractivity (Wildman–Crippen MR) is 92.9 cm³/mol. The minimum Gasteiger partial charge on any atom is -0.313 e. The molecule has 1 atom stereocenters. The summed E-state index contributed by atoms with van der Waals surface area (Å²) in [6, 6.07) is 9.95. The Balaban J connectivity index is 1.93. The molecule has 1 aliphatic carbocycles. The standard InChI is InChI=1S/C20H33N/c1-5-14-21-19(20(2,3)4)13-12-16-8-6-11-18(15-16)17-9-7-10-17/h6,8,11,15,17,19,21H,5,7,9-10,12-14H2,1-4H3. The molecule has 2 rings (SSSR count). The SMILES string of the molecule is CCCNC(CCc1cccc(C2CCC2)c1)C(C)(C)C. The predicted octanol–water partition coefficient (Wildman–Crippen LogP) is 5.30. The van der Waals surface area contributed by atoms with E-state index in [0.717, 1.165) is 12.5 Å². The fourth-order valence-corrected chi connectivity index (χ4v) is 3.21. The van der Waals surface area contributed by atoms with E-state index in [-0.39, 0.29) is 0 Å². The van der Waals surface area contributed by atoms with Gasteiger partial charge in [-0.15, -0.1) is 0 Å². The second-order valence-electron chi connectivity index (χ2n) is 7.78. The number of benzene rings is 1. The van der Waals surface area contributed by atoms with Crippen molar-refractivity contribution in [3.05, 3.63) is 35.4 Å². The van der Waals surface area contributed by atoms with E-state index < -0.39 is 0 Å². The van der Waals surface area contributed by atoms with Crippen LogP contribution in [0, 0.1) is 5.41 Å². The van der Waals surface area contributed by atoms with Gasteiger partial charge in [0.15, 0.2) is 0 Å². The highest BCUT2D eigenvalue weighted by Crippen LogP contribution is 2.36. The summed E-state index contributed by atoms with van der Waals surface area (Å²) in [5.41, 5.74) is 3.43. The first-order valence-electron chi connectivity index (χ1n) is 8.83. The van der Waals surface area contributed by atoms with Gasteiger partial charge >= 0.3 is 0 Å². The van der Waals surface area contributed by atoms with E-state index >= 15 is 0 Å². The molecule has 0 aromatic heterocycles. The van der Waals surface area contributed by atoms with Gasteiger partial charge in [-0.2, -0.15) is 0 Å². The van der Waals surface area contributed by atoms with Gasteiger partial charge in [-0.05, 0) is 61.1 Å². The number of hydrogen-bond acceptors (Lipinski definition) is 1. The van der Waals surface area contributed by atoms with E-state index in [1.54, 1.807) is 5.56 Å². The molecule has 1 aliphatic rings. The summed E-state index contributed by atoms with van der Waals surface area (Å²) in [5, 5.41) is 3.74. The third kappa shape index (κ3) is 4.85. The second kappa shape index (κ2) is 7.45. The molecule has 1 aromatic rings.